The van der Waals surface area contributed by atoms with Gasteiger partial charge in [-0.15, -0.1) is 11.8 Å². The largest absolute Gasteiger partial charge is 0.497 e. The number of thioether (sulfide) groups is 1. The third-order valence-corrected chi connectivity index (χ3v) is 6.91. The van der Waals surface area contributed by atoms with E-state index in [0.717, 1.165) is 0 Å². The van der Waals surface area contributed by atoms with Gasteiger partial charge in [-0.3, -0.25) is 29.6 Å². The van der Waals surface area contributed by atoms with E-state index in [1.165, 1.54) is 39.8 Å². The maximum Gasteiger partial charge on any atom is 0.293 e. The van der Waals surface area contributed by atoms with Crippen molar-refractivity contribution in [2.75, 3.05) is 17.8 Å². The minimum atomic E-state index is -0.630. The second kappa shape index (κ2) is 9.62. The van der Waals surface area contributed by atoms with Gasteiger partial charge >= 0.3 is 0 Å². The minimum absolute atomic E-state index is 0.127. The number of pyridine rings is 1. The maximum atomic E-state index is 13.2. The Kier molecular flexibility index (Phi) is 6.21. The molecule has 36 heavy (non-hydrogen) atoms. The molecule has 0 spiro atoms. The Morgan fingerprint density at radius 1 is 1.11 bits per heavy atom. The number of carbonyl (C=O) groups is 2. The number of ether oxygens (including phenoxy) is 1. The molecular formula is C25H19N5O5S. The number of aromatic nitrogens is 3. The molecule has 1 atom stereocenters. The predicted octanol–water partition coefficient (Wildman–Crippen LogP) is 4.33. The first-order valence-corrected chi connectivity index (χ1v) is 11.9. The molecule has 2 aromatic heterocycles. The van der Waals surface area contributed by atoms with Crippen molar-refractivity contribution in [3.05, 3.63) is 100 Å². The SMILES string of the molecule is COc1ccc(-c2nn(C(=O)c3ccncc3)cc2C2SCC(=O)N2c2ccccc2[N+](=O)[O-])cc1. The Morgan fingerprint density at radius 2 is 1.83 bits per heavy atom. The molecule has 3 heterocycles. The normalized spacial score (nSPS) is 15.2. The van der Waals surface area contributed by atoms with E-state index in [2.05, 4.69) is 10.1 Å². The molecule has 0 saturated carbocycles. The van der Waals surface area contributed by atoms with Crippen molar-refractivity contribution in [2.24, 2.45) is 0 Å². The van der Waals surface area contributed by atoms with E-state index in [1.807, 2.05) is 12.1 Å². The number of hydrogen-bond donors (Lipinski definition) is 0. The first-order valence-electron chi connectivity index (χ1n) is 10.8. The number of nitro groups is 1. The third-order valence-electron chi connectivity index (χ3n) is 5.71. The summed E-state index contributed by atoms with van der Waals surface area (Å²) in [5, 5.41) is 15.7. The van der Waals surface area contributed by atoms with E-state index < -0.39 is 10.3 Å². The van der Waals surface area contributed by atoms with Crippen LogP contribution in [0.5, 0.6) is 5.75 Å². The molecule has 1 aliphatic heterocycles. The molecule has 10 nitrogen and oxygen atoms in total. The van der Waals surface area contributed by atoms with Gasteiger partial charge in [0.15, 0.2) is 0 Å². The molecular weight excluding hydrogens is 482 g/mol. The molecule has 1 saturated heterocycles. The molecule has 11 heteroatoms. The standard InChI is InChI=1S/C25H19N5O5S/c1-35-18-8-6-16(7-9-18)23-19(14-28(27-23)24(32)17-10-12-26-13-11-17)25-29(22(31)15-36-25)20-4-2-3-5-21(20)30(33)34/h2-14,25H,15H2,1H3. The van der Waals surface area contributed by atoms with Gasteiger partial charge < -0.3 is 4.74 Å². The monoisotopic (exact) mass is 501 g/mol. The second-order valence-electron chi connectivity index (χ2n) is 7.82. The Labute approximate surface area is 209 Å². The van der Waals surface area contributed by atoms with Crippen LogP contribution in [0.4, 0.5) is 11.4 Å². The zero-order chi connectivity index (χ0) is 25.2. The Morgan fingerprint density at radius 3 is 2.53 bits per heavy atom. The number of benzene rings is 2. The van der Waals surface area contributed by atoms with Crippen LogP contribution in [0.15, 0.2) is 79.3 Å². The van der Waals surface area contributed by atoms with Crippen molar-refractivity contribution < 1.29 is 19.2 Å². The van der Waals surface area contributed by atoms with Gasteiger partial charge in [-0.25, -0.2) is 4.68 Å². The molecule has 180 valence electrons. The summed E-state index contributed by atoms with van der Waals surface area (Å²) in [5.41, 5.74) is 2.17. The Hall–Kier alpha value is -4.51. The van der Waals surface area contributed by atoms with E-state index in [-0.39, 0.29) is 28.9 Å². The van der Waals surface area contributed by atoms with Gasteiger partial charge in [-0.1, -0.05) is 12.1 Å². The fourth-order valence-electron chi connectivity index (χ4n) is 4.01. The van der Waals surface area contributed by atoms with Crippen molar-refractivity contribution in [1.82, 2.24) is 14.8 Å². The predicted molar refractivity (Wildman–Crippen MR) is 134 cm³/mol. The fraction of sp³-hybridized carbons (Fsp3) is 0.120. The van der Waals surface area contributed by atoms with E-state index in [1.54, 1.807) is 55.8 Å². The van der Waals surface area contributed by atoms with Crippen molar-refractivity contribution in [2.45, 2.75) is 5.37 Å². The van der Waals surface area contributed by atoms with Crippen LogP contribution < -0.4 is 9.64 Å². The molecule has 0 aliphatic carbocycles. The second-order valence-corrected chi connectivity index (χ2v) is 8.89. The molecule has 1 unspecified atom stereocenters. The van der Waals surface area contributed by atoms with E-state index in [9.17, 15) is 19.7 Å². The van der Waals surface area contributed by atoms with Crippen LogP contribution >= 0.6 is 11.8 Å². The lowest BCUT2D eigenvalue weighted by Gasteiger charge is -2.23. The molecule has 2 aromatic carbocycles. The summed E-state index contributed by atoms with van der Waals surface area (Å²) in [7, 11) is 1.56. The van der Waals surface area contributed by atoms with Crippen LogP contribution in [0.1, 0.15) is 21.3 Å². The number of carbonyl (C=O) groups excluding carboxylic acids is 2. The van der Waals surface area contributed by atoms with Crippen molar-refractivity contribution in [3.63, 3.8) is 0 Å². The summed E-state index contributed by atoms with van der Waals surface area (Å²) in [4.78, 5) is 42.7. The van der Waals surface area contributed by atoms with Crippen LogP contribution in [-0.2, 0) is 4.79 Å². The average Bonchev–Trinajstić information content (AvgIpc) is 3.52. The number of methoxy groups -OCH3 is 1. The zero-order valence-corrected chi connectivity index (χ0v) is 19.8. The molecule has 0 N–H and O–H groups in total. The van der Waals surface area contributed by atoms with Crippen LogP contribution in [0.2, 0.25) is 0 Å². The Bertz CT molecular complexity index is 1460. The number of rotatable bonds is 6. The number of nitrogens with zero attached hydrogens (tertiary/aromatic N) is 5. The summed E-state index contributed by atoms with van der Waals surface area (Å²) in [6.07, 6.45) is 4.62. The molecule has 0 radical (unpaired) electrons. The van der Waals surface area contributed by atoms with Crippen LogP contribution in [0.3, 0.4) is 0 Å². The lowest BCUT2D eigenvalue weighted by atomic mass is 10.1. The summed E-state index contributed by atoms with van der Waals surface area (Å²) in [6, 6.07) is 16.5. The summed E-state index contributed by atoms with van der Waals surface area (Å²) >= 11 is 1.32. The highest BCUT2D eigenvalue weighted by molar-refractivity contribution is 8.00. The van der Waals surface area contributed by atoms with Gasteiger partial charge in [0, 0.05) is 41.3 Å². The van der Waals surface area contributed by atoms with Gasteiger partial charge in [0.25, 0.3) is 11.6 Å². The first-order chi connectivity index (χ1) is 17.5. The quantitative estimate of drug-likeness (QED) is 0.283. The summed E-state index contributed by atoms with van der Waals surface area (Å²) in [6.45, 7) is 0. The number of para-hydroxylation sites is 2. The topological polar surface area (TPSA) is 120 Å². The van der Waals surface area contributed by atoms with Crippen LogP contribution in [0.25, 0.3) is 11.3 Å². The van der Waals surface area contributed by atoms with Crippen LogP contribution in [0, 0.1) is 10.1 Å². The minimum Gasteiger partial charge on any atom is -0.497 e. The molecule has 5 rings (SSSR count). The zero-order valence-electron chi connectivity index (χ0n) is 19.0. The molecule has 0 bridgehead atoms. The highest BCUT2D eigenvalue weighted by Crippen LogP contribution is 2.47. The highest BCUT2D eigenvalue weighted by atomic mass is 32.2. The number of amides is 1. The number of anilines is 1. The van der Waals surface area contributed by atoms with E-state index in [0.29, 0.717) is 28.1 Å². The van der Waals surface area contributed by atoms with E-state index >= 15 is 0 Å². The summed E-state index contributed by atoms with van der Waals surface area (Å²) < 4.78 is 6.48. The average molecular weight is 502 g/mol. The molecule has 1 amide bonds. The molecule has 1 aliphatic rings. The fourth-order valence-corrected chi connectivity index (χ4v) is 5.18. The summed E-state index contributed by atoms with van der Waals surface area (Å²) in [5.74, 6) is 0.139. The van der Waals surface area contributed by atoms with Gasteiger partial charge in [-0.2, -0.15) is 5.10 Å². The van der Waals surface area contributed by atoms with Gasteiger partial charge in [0.05, 0.1) is 23.5 Å². The molecule has 4 aromatic rings. The number of hydrogen-bond acceptors (Lipinski definition) is 8. The Balaban J connectivity index is 1.65. The lowest BCUT2D eigenvalue weighted by molar-refractivity contribution is -0.384. The molecule has 1 fully saturated rings. The van der Waals surface area contributed by atoms with Crippen molar-refractivity contribution in [1.29, 1.82) is 0 Å². The highest BCUT2D eigenvalue weighted by Gasteiger charge is 2.40. The number of nitro benzene ring substituents is 1. The van der Waals surface area contributed by atoms with E-state index in [4.69, 9.17) is 4.74 Å². The third kappa shape index (κ3) is 4.20. The smallest absolute Gasteiger partial charge is 0.293 e. The van der Waals surface area contributed by atoms with Gasteiger partial charge in [0.2, 0.25) is 5.91 Å². The van der Waals surface area contributed by atoms with Gasteiger partial charge in [-0.05, 0) is 42.5 Å². The van der Waals surface area contributed by atoms with Gasteiger partial charge in [0.1, 0.15) is 16.8 Å². The van der Waals surface area contributed by atoms with Crippen LogP contribution in [-0.4, -0.2) is 44.4 Å². The van der Waals surface area contributed by atoms with Crippen molar-refractivity contribution in [3.8, 4) is 17.0 Å². The first kappa shape index (κ1) is 23.2. The lowest BCUT2D eigenvalue weighted by Crippen LogP contribution is -2.28. The maximum absolute atomic E-state index is 13.2. The van der Waals surface area contributed by atoms with Crippen molar-refractivity contribution >= 4 is 35.0 Å².